The van der Waals surface area contributed by atoms with E-state index in [1.165, 1.54) is 19.2 Å². The van der Waals surface area contributed by atoms with Crippen LogP contribution in [0, 0.1) is 21.4 Å². The van der Waals surface area contributed by atoms with E-state index in [4.69, 9.17) is 14.7 Å². The first-order valence-electron chi connectivity index (χ1n) is 5.64. The van der Waals surface area contributed by atoms with E-state index >= 15 is 0 Å². The number of nitro benzene ring substituents is 1. The molecule has 2 rings (SSSR count). The maximum absolute atomic E-state index is 10.9. The van der Waals surface area contributed by atoms with Crippen molar-refractivity contribution in [3.05, 3.63) is 58.1 Å². The lowest BCUT2D eigenvalue weighted by molar-refractivity contribution is -0.385. The van der Waals surface area contributed by atoms with Crippen LogP contribution in [-0.4, -0.2) is 12.0 Å². The number of hydrogen-bond acceptors (Lipinski definition) is 5. The third-order valence-corrected chi connectivity index (χ3v) is 2.57. The second-order valence-corrected chi connectivity index (χ2v) is 3.83. The van der Waals surface area contributed by atoms with Crippen LogP contribution in [-0.2, 0) is 0 Å². The lowest BCUT2D eigenvalue weighted by Gasteiger charge is -2.07. The molecule has 0 radical (unpaired) electrons. The summed E-state index contributed by atoms with van der Waals surface area (Å²) in [5, 5.41) is 19.6. The molecule has 0 atom stereocenters. The van der Waals surface area contributed by atoms with Crippen LogP contribution in [0.4, 0.5) is 5.69 Å². The highest BCUT2D eigenvalue weighted by atomic mass is 16.6. The molecule has 20 heavy (non-hydrogen) atoms. The molecule has 0 heterocycles. The number of methoxy groups -OCH3 is 1. The van der Waals surface area contributed by atoms with Gasteiger partial charge >= 0.3 is 5.69 Å². The fourth-order valence-electron chi connectivity index (χ4n) is 1.61. The second kappa shape index (κ2) is 5.71. The molecule has 0 saturated heterocycles. The van der Waals surface area contributed by atoms with E-state index in [-0.39, 0.29) is 11.4 Å². The van der Waals surface area contributed by atoms with E-state index in [2.05, 4.69) is 0 Å². The van der Waals surface area contributed by atoms with Crippen molar-refractivity contribution < 1.29 is 14.4 Å². The van der Waals surface area contributed by atoms with Gasteiger partial charge in [0.1, 0.15) is 11.5 Å². The predicted octanol–water partition coefficient (Wildman–Crippen LogP) is 3.27. The van der Waals surface area contributed by atoms with Crippen LogP contribution in [0.15, 0.2) is 42.5 Å². The molecule has 0 aliphatic heterocycles. The van der Waals surface area contributed by atoms with Crippen molar-refractivity contribution >= 4 is 5.69 Å². The van der Waals surface area contributed by atoms with E-state index in [1.54, 1.807) is 30.3 Å². The smallest absolute Gasteiger partial charge is 0.314 e. The summed E-state index contributed by atoms with van der Waals surface area (Å²) in [5.41, 5.74) is 0.344. The molecule has 0 fully saturated rings. The Kier molecular flexibility index (Phi) is 3.82. The van der Waals surface area contributed by atoms with Crippen LogP contribution in [0.1, 0.15) is 5.56 Å². The van der Waals surface area contributed by atoms with Crippen molar-refractivity contribution in [2.75, 3.05) is 7.11 Å². The molecule has 0 N–H and O–H groups in total. The number of hydrogen-bond donors (Lipinski definition) is 0. The Hall–Kier alpha value is -3.07. The normalized spacial score (nSPS) is 9.60. The first-order chi connectivity index (χ1) is 9.63. The first kappa shape index (κ1) is 13.4. The fraction of sp³-hybridized carbons (Fsp3) is 0.0714. The van der Waals surface area contributed by atoms with Crippen LogP contribution >= 0.6 is 0 Å². The molecule has 0 spiro atoms. The zero-order valence-electron chi connectivity index (χ0n) is 10.6. The summed E-state index contributed by atoms with van der Waals surface area (Å²) in [4.78, 5) is 10.4. The van der Waals surface area contributed by atoms with Crippen molar-refractivity contribution in [2.24, 2.45) is 0 Å². The zero-order valence-corrected chi connectivity index (χ0v) is 10.6. The highest BCUT2D eigenvalue weighted by Gasteiger charge is 2.16. The Morgan fingerprint density at radius 2 is 1.80 bits per heavy atom. The molecule has 0 aliphatic carbocycles. The Morgan fingerprint density at radius 1 is 1.15 bits per heavy atom. The molecular weight excluding hydrogens is 260 g/mol. The van der Waals surface area contributed by atoms with Gasteiger partial charge in [-0.3, -0.25) is 10.1 Å². The number of nitro groups is 1. The largest absolute Gasteiger partial charge is 0.490 e. The van der Waals surface area contributed by atoms with Crippen LogP contribution in [0.3, 0.4) is 0 Å². The third-order valence-electron chi connectivity index (χ3n) is 2.57. The van der Waals surface area contributed by atoms with Crippen LogP contribution < -0.4 is 9.47 Å². The molecule has 2 aromatic carbocycles. The predicted molar refractivity (Wildman–Crippen MR) is 70.9 cm³/mol. The fourth-order valence-corrected chi connectivity index (χ4v) is 1.61. The lowest BCUT2D eigenvalue weighted by atomic mass is 10.2. The Balaban J connectivity index is 2.27. The summed E-state index contributed by atoms with van der Waals surface area (Å²) < 4.78 is 10.4. The van der Waals surface area contributed by atoms with Gasteiger partial charge < -0.3 is 9.47 Å². The average Bonchev–Trinajstić information content (AvgIpc) is 2.48. The summed E-state index contributed by atoms with van der Waals surface area (Å²) in [7, 11) is 1.36. The molecular formula is C14H10N2O4. The average molecular weight is 270 g/mol. The standard InChI is InChI=1S/C14H10N2O4/c1-19-14-7-6-12(8-13(14)16(17)18)20-11-4-2-10(9-15)3-5-11/h2-8H,1H3. The summed E-state index contributed by atoms with van der Waals surface area (Å²) >= 11 is 0. The highest BCUT2D eigenvalue weighted by Crippen LogP contribution is 2.32. The molecule has 0 aliphatic rings. The third kappa shape index (κ3) is 2.84. The number of benzene rings is 2. The minimum absolute atomic E-state index is 0.168. The number of rotatable bonds is 4. The molecule has 0 bridgehead atoms. The maximum Gasteiger partial charge on any atom is 0.314 e. The van der Waals surface area contributed by atoms with Crippen LogP contribution in [0.5, 0.6) is 17.2 Å². The van der Waals surface area contributed by atoms with Gasteiger partial charge in [0.2, 0.25) is 0 Å². The molecule has 0 unspecified atom stereocenters. The van der Waals surface area contributed by atoms with E-state index in [0.717, 1.165) is 0 Å². The molecule has 6 heteroatoms. The van der Waals surface area contributed by atoms with Gasteiger partial charge in [0.15, 0.2) is 5.75 Å². The van der Waals surface area contributed by atoms with E-state index in [0.29, 0.717) is 17.1 Å². The molecule has 100 valence electrons. The Bertz CT molecular complexity index is 675. The zero-order chi connectivity index (χ0) is 14.5. The quantitative estimate of drug-likeness (QED) is 0.628. The second-order valence-electron chi connectivity index (χ2n) is 3.83. The molecule has 0 aromatic heterocycles. The Morgan fingerprint density at radius 3 is 2.35 bits per heavy atom. The lowest BCUT2D eigenvalue weighted by Crippen LogP contribution is -1.94. The van der Waals surface area contributed by atoms with E-state index in [1.807, 2.05) is 6.07 Å². The Labute approximate surface area is 114 Å². The van der Waals surface area contributed by atoms with Gasteiger partial charge in [-0.05, 0) is 36.4 Å². The van der Waals surface area contributed by atoms with E-state index in [9.17, 15) is 10.1 Å². The number of ether oxygens (including phenoxy) is 2. The minimum Gasteiger partial charge on any atom is -0.490 e. The van der Waals surface area contributed by atoms with Gasteiger partial charge in [-0.2, -0.15) is 5.26 Å². The van der Waals surface area contributed by atoms with E-state index < -0.39 is 4.92 Å². The van der Waals surface area contributed by atoms with Crippen molar-refractivity contribution in [3.63, 3.8) is 0 Å². The maximum atomic E-state index is 10.9. The van der Waals surface area contributed by atoms with Gasteiger partial charge in [0.05, 0.1) is 29.7 Å². The van der Waals surface area contributed by atoms with Gasteiger partial charge in [0, 0.05) is 0 Å². The van der Waals surface area contributed by atoms with Crippen molar-refractivity contribution in [1.29, 1.82) is 5.26 Å². The monoisotopic (exact) mass is 270 g/mol. The summed E-state index contributed by atoms with van der Waals surface area (Å²) in [6.07, 6.45) is 0. The first-order valence-corrected chi connectivity index (χ1v) is 5.64. The topological polar surface area (TPSA) is 85.4 Å². The SMILES string of the molecule is COc1ccc(Oc2ccc(C#N)cc2)cc1[N+](=O)[O-]. The van der Waals surface area contributed by atoms with Crippen molar-refractivity contribution in [2.45, 2.75) is 0 Å². The molecule has 0 amide bonds. The van der Waals surface area contributed by atoms with Gasteiger partial charge in [-0.25, -0.2) is 0 Å². The summed E-state index contributed by atoms with van der Waals surface area (Å²) in [6, 6.07) is 12.8. The summed E-state index contributed by atoms with van der Waals surface area (Å²) in [5.74, 6) is 0.979. The minimum atomic E-state index is -0.537. The van der Waals surface area contributed by atoms with Gasteiger partial charge in [-0.15, -0.1) is 0 Å². The highest BCUT2D eigenvalue weighted by molar-refractivity contribution is 5.51. The molecule has 0 saturated carbocycles. The molecule has 2 aromatic rings. The van der Waals surface area contributed by atoms with Gasteiger partial charge in [-0.1, -0.05) is 0 Å². The number of nitrogens with zero attached hydrogens (tertiary/aromatic N) is 2. The molecule has 6 nitrogen and oxygen atoms in total. The van der Waals surface area contributed by atoms with Crippen molar-refractivity contribution in [3.8, 4) is 23.3 Å². The number of nitriles is 1. The van der Waals surface area contributed by atoms with Crippen LogP contribution in [0.25, 0.3) is 0 Å². The van der Waals surface area contributed by atoms with Crippen LogP contribution in [0.2, 0.25) is 0 Å². The summed E-state index contributed by atoms with van der Waals surface area (Å²) in [6.45, 7) is 0. The van der Waals surface area contributed by atoms with Gasteiger partial charge in [0.25, 0.3) is 0 Å². The van der Waals surface area contributed by atoms with Crippen molar-refractivity contribution in [1.82, 2.24) is 0 Å².